The van der Waals surface area contributed by atoms with Gasteiger partial charge in [0.1, 0.15) is 11.2 Å². The molecule has 1 saturated heterocycles. The number of rotatable bonds is 6. The molecule has 2 amide bonds. The molecule has 1 aliphatic rings. The van der Waals surface area contributed by atoms with E-state index in [1.54, 1.807) is 4.90 Å². The first kappa shape index (κ1) is 25.4. The third kappa shape index (κ3) is 5.81. The highest BCUT2D eigenvalue weighted by molar-refractivity contribution is 6.08. The van der Waals surface area contributed by atoms with E-state index in [0.29, 0.717) is 44.7 Å². The zero-order valence-corrected chi connectivity index (χ0v) is 20.0. The summed E-state index contributed by atoms with van der Waals surface area (Å²) in [4.78, 5) is 41.2. The maximum Gasteiger partial charge on any atom is 0.410 e. The lowest BCUT2D eigenvalue weighted by Crippen LogP contribution is -2.41. The number of ether oxygens (including phenoxy) is 2. The van der Waals surface area contributed by atoms with Crippen molar-refractivity contribution in [3.05, 3.63) is 33.9 Å². The van der Waals surface area contributed by atoms with Gasteiger partial charge in [-0.3, -0.25) is 20.2 Å². The molecule has 3 rings (SSSR count). The minimum Gasteiger partial charge on any atom is -0.444 e. The van der Waals surface area contributed by atoms with Crippen molar-refractivity contribution in [2.45, 2.75) is 58.0 Å². The standard InChI is InChI=1S/C22H32N6O6/c1-22(2,3)34-21(31)26-9-7-14(8-10-26)16-12-17(29)25-20-15(13-24-27(16)20)19(23)28(32)18(30)6-5-11-33-4/h12-14,23,32H,5-11H2,1-4H3,(H,25,29). The van der Waals surface area contributed by atoms with Crippen molar-refractivity contribution in [2.24, 2.45) is 0 Å². The van der Waals surface area contributed by atoms with Gasteiger partial charge in [0.15, 0.2) is 5.84 Å². The third-order valence-corrected chi connectivity index (χ3v) is 5.54. The maximum absolute atomic E-state index is 12.4. The van der Waals surface area contributed by atoms with E-state index in [4.69, 9.17) is 14.9 Å². The Morgan fingerprint density at radius 2 is 2.00 bits per heavy atom. The molecule has 3 N–H and O–H groups in total. The largest absolute Gasteiger partial charge is 0.444 e. The van der Waals surface area contributed by atoms with E-state index >= 15 is 0 Å². The van der Waals surface area contributed by atoms with Gasteiger partial charge in [-0.2, -0.15) is 10.2 Å². The van der Waals surface area contributed by atoms with Crippen molar-refractivity contribution in [2.75, 3.05) is 26.8 Å². The van der Waals surface area contributed by atoms with Crippen LogP contribution in [-0.4, -0.2) is 80.0 Å². The molecule has 0 unspecified atom stereocenters. The van der Waals surface area contributed by atoms with Crippen molar-refractivity contribution >= 4 is 23.5 Å². The average Bonchev–Trinajstić information content (AvgIpc) is 3.20. The number of aromatic nitrogens is 3. The number of amidine groups is 1. The molecular formula is C22H32N6O6. The predicted octanol–water partition coefficient (Wildman–Crippen LogP) is 2.11. The summed E-state index contributed by atoms with van der Waals surface area (Å²) in [6.07, 6.45) is 2.58. The Kier molecular flexibility index (Phi) is 7.72. The summed E-state index contributed by atoms with van der Waals surface area (Å²) in [7, 11) is 1.51. The number of nitrogens with one attached hydrogen (secondary N) is 2. The number of fused-ring (bicyclic) bond motifs is 1. The summed E-state index contributed by atoms with van der Waals surface area (Å²) in [6, 6.07) is 1.45. The number of amides is 2. The average molecular weight is 477 g/mol. The van der Waals surface area contributed by atoms with Crippen LogP contribution >= 0.6 is 0 Å². The SMILES string of the molecule is COCCCC(=O)N(O)C(=N)c1cnn2c(C3CCN(C(=O)OC(C)(C)C)CC3)cc(=O)[nH]c12. The van der Waals surface area contributed by atoms with Gasteiger partial charge in [-0.25, -0.2) is 9.31 Å². The number of nitrogens with zero attached hydrogens (tertiary/aromatic N) is 4. The smallest absolute Gasteiger partial charge is 0.410 e. The molecular weight excluding hydrogens is 444 g/mol. The van der Waals surface area contributed by atoms with Gasteiger partial charge in [0.2, 0.25) is 0 Å². The molecule has 1 aliphatic heterocycles. The first-order valence-electron chi connectivity index (χ1n) is 11.2. The molecule has 1 fully saturated rings. The van der Waals surface area contributed by atoms with Gasteiger partial charge in [-0.1, -0.05) is 0 Å². The molecule has 34 heavy (non-hydrogen) atoms. The van der Waals surface area contributed by atoms with Crippen molar-refractivity contribution in [3.8, 4) is 0 Å². The number of hydrogen-bond donors (Lipinski definition) is 3. The number of piperidine rings is 1. The second-order valence-electron chi connectivity index (χ2n) is 9.27. The van der Waals surface area contributed by atoms with Crippen LogP contribution in [0.25, 0.3) is 5.65 Å². The lowest BCUT2D eigenvalue weighted by Gasteiger charge is -2.33. The first-order chi connectivity index (χ1) is 16.0. The number of methoxy groups -OCH3 is 1. The monoisotopic (exact) mass is 476 g/mol. The van der Waals surface area contributed by atoms with Gasteiger partial charge in [0.05, 0.1) is 17.5 Å². The second kappa shape index (κ2) is 10.3. The zero-order valence-electron chi connectivity index (χ0n) is 20.0. The highest BCUT2D eigenvalue weighted by atomic mass is 16.6. The van der Waals surface area contributed by atoms with Gasteiger partial charge in [-0.05, 0) is 40.0 Å². The summed E-state index contributed by atoms with van der Waals surface area (Å²) in [5.74, 6) is -1.19. The lowest BCUT2D eigenvalue weighted by molar-refractivity contribution is -0.149. The van der Waals surface area contributed by atoms with Crippen LogP contribution in [0.15, 0.2) is 17.1 Å². The van der Waals surface area contributed by atoms with Crippen molar-refractivity contribution < 1.29 is 24.3 Å². The van der Waals surface area contributed by atoms with Crippen LogP contribution in [0.5, 0.6) is 0 Å². The number of carbonyl (C=O) groups excluding carboxylic acids is 2. The molecule has 0 radical (unpaired) electrons. The Labute approximate surface area is 196 Å². The Morgan fingerprint density at radius 3 is 2.62 bits per heavy atom. The minimum absolute atomic E-state index is 0.00389. The first-order valence-corrected chi connectivity index (χ1v) is 11.2. The molecule has 2 aromatic rings. The highest BCUT2D eigenvalue weighted by Crippen LogP contribution is 2.28. The van der Waals surface area contributed by atoms with Crippen LogP contribution in [0.2, 0.25) is 0 Å². The molecule has 0 aliphatic carbocycles. The number of H-pyrrole nitrogens is 1. The van der Waals surface area contributed by atoms with E-state index in [2.05, 4.69) is 10.1 Å². The summed E-state index contributed by atoms with van der Waals surface area (Å²) in [5.41, 5.74) is 0.00716. The molecule has 0 spiro atoms. The van der Waals surface area contributed by atoms with E-state index < -0.39 is 17.3 Å². The van der Waals surface area contributed by atoms with Gasteiger partial charge >= 0.3 is 6.09 Å². The van der Waals surface area contributed by atoms with E-state index in [-0.39, 0.29) is 40.3 Å². The fourth-order valence-electron chi connectivity index (χ4n) is 3.87. The van der Waals surface area contributed by atoms with Crippen LogP contribution in [0.3, 0.4) is 0 Å². The minimum atomic E-state index is -0.658. The van der Waals surface area contributed by atoms with Crippen LogP contribution in [0.1, 0.15) is 63.6 Å². The van der Waals surface area contributed by atoms with Gasteiger partial charge in [0, 0.05) is 45.2 Å². The van der Waals surface area contributed by atoms with Gasteiger partial charge < -0.3 is 19.4 Å². The summed E-state index contributed by atoms with van der Waals surface area (Å²) in [5, 5.41) is 23.0. The van der Waals surface area contributed by atoms with Crippen molar-refractivity contribution in [1.29, 1.82) is 5.41 Å². The topological polar surface area (TPSA) is 153 Å². The van der Waals surface area contributed by atoms with Crippen LogP contribution in [0.4, 0.5) is 4.79 Å². The second-order valence-corrected chi connectivity index (χ2v) is 9.27. The molecule has 0 bridgehead atoms. The lowest BCUT2D eigenvalue weighted by atomic mass is 9.93. The van der Waals surface area contributed by atoms with E-state index in [1.807, 2.05) is 20.8 Å². The normalized spacial score (nSPS) is 14.9. The molecule has 186 valence electrons. The summed E-state index contributed by atoms with van der Waals surface area (Å²) >= 11 is 0. The fourth-order valence-corrected chi connectivity index (χ4v) is 3.87. The Balaban J connectivity index is 1.78. The van der Waals surface area contributed by atoms with Crippen LogP contribution < -0.4 is 5.56 Å². The summed E-state index contributed by atoms with van der Waals surface area (Å²) < 4.78 is 11.9. The van der Waals surface area contributed by atoms with Crippen molar-refractivity contribution in [3.63, 3.8) is 0 Å². The number of aromatic amines is 1. The Hall–Kier alpha value is -3.25. The highest BCUT2D eigenvalue weighted by Gasteiger charge is 2.30. The molecule has 0 aromatic carbocycles. The Bertz CT molecular complexity index is 1110. The quantitative estimate of drug-likeness (QED) is 0.190. The van der Waals surface area contributed by atoms with E-state index in [1.165, 1.54) is 23.9 Å². The van der Waals surface area contributed by atoms with E-state index in [0.717, 1.165) is 0 Å². The summed E-state index contributed by atoms with van der Waals surface area (Å²) in [6.45, 7) is 6.75. The third-order valence-electron chi connectivity index (χ3n) is 5.54. The van der Waals surface area contributed by atoms with Crippen molar-refractivity contribution in [1.82, 2.24) is 24.6 Å². The molecule has 12 heteroatoms. The fraction of sp³-hybridized carbons (Fsp3) is 0.591. The zero-order chi connectivity index (χ0) is 25.0. The number of hydroxylamine groups is 2. The molecule has 0 saturated carbocycles. The van der Waals surface area contributed by atoms with Gasteiger partial charge in [0.25, 0.3) is 11.5 Å². The molecule has 2 aromatic heterocycles. The maximum atomic E-state index is 12.4. The van der Waals surface area contributed by atoms with Crippen LogP contribution in [0, 0.1) is 5.41 Å². The number of carbonyl (C=O) groups is 2. The van der Waals surface area contributed by atoms with Gasteiger partial charge in [-0.15, -0.1) is 0 Å². The predicted molar refractivity (Wildman–Crippen MR) is 122 cm³/mol. The number of likely N-dealkylation sites (tertiary alicyclic amines) is 1. The Morgan fingerprint density at radius 1 is 1.32 bits per heavy atom. The number of hydrogen-bond acceptors (Lipinski definition) is 8. The van der Waals surface area contributed by atoms with Crippen LogP contribution in [-0.2, 0) is 14.3 Å². The molecule has 12 nitrogen and oxygen atoms in total. The van der Waals surface area contributed by atoms with E-state index in [9.17, 15) is 19.6 Å². The molecule has 3 heterocycles. The molecule has 0 atom stereocenters.